The minimum Gasteiger partial charge on any atom is -0.485 e. The average Bonchev–Trinajstić information content (AvgIpc) is 3.00. The number of hydrogen-bond donors (Lipinski definition) is 0. The van der Waals surface area contributed by atoms with Gasteiger partial charge >= 0.3 is 5.69 Å². The van der Waals surface area contributed by atoms with Gasteiger partial charge in [0.15, 0.2) is 5.75 Å². The highest BCUT2D eigenvalue weighted by atomic mass is 16.6. The zero-order valence-electron chi connectivity index (χ0n) is 15.5. The molecule has 0 unspecified atom stereocenters. The number of benzene rings is 1. The van der Waals surface area contributed by atoms with Gasteiger partial charge in [-0.1, -0.05) is 12.1 Å². The second-order valence-corrected chi connectivity index (χ2v) is 6.53. The third-order valence-electron chi connectivity index (χ3n) is 4.66. The predicted octanol–water partition coefficient (Wildman–Crippen LogP) is 2.64. The molecule has 3 rings (SSSR count). The van der Waals surface area contributed by atoms with Crippen LogP contribution in [0.5, 0.6) is 5.75 Å². The maximum absolute atomic E-state index is 12.6. The van der Waals surface area contributed by atoms with E-state index < -0.39 is 4.92 Å². The molecule has 1 aromatic heterocycles. The van der Waals surface area contributed by atoms with Crippen LogP contribution in [-0.2, 0) is 0 Å². The Hall–Kier alpha value is -2.87. The summed E-state index contributed by atoms with van der Waals surface area (Å²) in [6, 6.07) is 8.14. The number of amides is 1. The topological polar surface area (TPSA) is 89.1 Å². The molecule has 1 saturated heterocycles. The molecule has 1 amide bonds. The van der Waals surface area contributed by atoms with Gasteiger partial charge in [-0.3, -0.25) is 19.8 Å². The molecule has 144 valence electrons. The number of rotatable bonds is 6. The molecule has 8 heteroatoms. The van der Waals surface area contributed by atoms with Crippen molar-refractivity contribution in [2.24, 2.45) is 0 Å². The van der Waals surface area contributed by atoms with Crippen LogP contribution in [0, 0.1) is 24.0 Å². The van der Waals surface area contributed by atoms with Crippen molar-refractivity contribution in [1.29, 1.82) is 0 Å². The highest BCUT2D eigenvalue weighted by Crippen LogP contribution is 2.25. The van der Waals surface area contributed by atoms with Crippen LogP contribution in [0.3, 0.4) is 0 Å². The van der Waals surface area contributed by atoms with E-state index in [-0.39, 0.29) is 17.3 Å². The number of carbonyl (C=O) groups excluding carboxylic acids is 1. The van der Waals surface area contributed by atoms with E-state index in [0.717, 1.165) is 18.8 Å². The Bertz CT molecular complexity index is 825. The summed E-state index contributed by atoms with van der Waals surface area (Å²) >= 11 is 0. The predicted molar refractivity (Wildman–Crippen MR) is 99.1 cm³/mol. The first-order chi connectivity index (χ1) is 13.0. The molecule has 27 heavy (non-hydrogen) atoms. The molecule has 8 nitrogen and oxygen atoms in total. The molecule has 1 aliphatic rings. The largest absolute Gasteiger partial charge is 0.485 e. The molecule has 1 aliphatic heterocycles. The van der Waals surface area contributed by atoms with Crippen molar-refractivity contribution in [3.63, 3.8) is 0 Å². The number of nitro benzene ring substituents is 1. The fraction of sp³-hybridized carbons (Fsp3) is 0.421. The molecule has 0 saturated carbocycles. The van der Waals surface area contributed by atoms with Crippen LogP contribution in [0.15, 0.2) is 34.7 Å². The summed E-state index contributed by atoms with van der Waals surface area (Å²) < 4.78 is 11.0. The molecule has 0 radical (unpaired) electrons. The number of aryl methyl sites for hydroxylation is 2. The molecule has 0 bridgehead atoms. The van der Waals surface area contributed by atoms with Crippen LogP contribution in [-0.4, -0.2) is 60.0 Å². The van der Waals surface area contributed by atoms with E-state index in [2.05, 4.69) is 4.90 Å². The SMILES string of the molecule is Cc1cc(C(=O)N2CCN(CCOc3ccccc3[N+](=O)[O-])CC2)c(C)o1. The van der Waals surface area contributed by atoms with Crippen LogP contribution in [0.4, 0.5) is 5.69 Å². The van der Waals surface area contributed by atoms with Crippen molar-refractivity contribution in [2.45, 2.75) is 13.8 Å². The molecule has 0 spiro atoms. The first-order valence-electron chi connectivity index (χ1n) is 8.90. The van der Waals surface area contributed by atoms with Crippen molar-refractivity contribution in [2.75, 3.05) is 39.3 Å². The van der Waals surface area contributed by atoms with Crippen LogP contribution in [0.25, 0.3) is 0 Å². The van der Waals surface area contributed by atoms with Crippen molar-refractivity contribution in [3.05, 3.63) is 57.5 Å². The number of carbonyl (C=O) groups is 1. The molecule has 0 N–H and O–H groups in total. The van der Waals surface area contributed by atoms with E-state index in [9.17, 15) is 14.9 Å². The number of hydrogen-bond acceptors (Lipinski definition) is 6. The Kier molecular flexibility index (Phi) is 5.75. The molecule has 0 atom stereocenters. The fourth-order valence-corrected chi connectivity index (χ4v) is 3.20. The Labute approximate surface area is 157 Å². The monoisotopic (exact) mass is 373 g/mol. The van der Waals surface area contributed by atoms with E-state index in [1.807, 2.05) is 11.8 Å². The average molecular weight is 373 g/mol. The van der Waals surface area contributed by atoms with Crippen molar-refractivity contribution in [3.8, 4) is 5.75 Å². The van der Waals surface area contributed by atoms with E-state index in [1.165, 1.54) is 6.07 Å². The summed E-state index contributed by atoms with van der Waals surface area (Å²) in [7, 11) is 0. The lowest BCUT2D eigenvalue weighted by Gasteiger charge is -2.34. The third kappa shape index (κ3) is 4.46. The van der Waals surface area contributed by atoms with Crippen LogP contribution >= 0.6 is 0 Å². The van der Waals surface area contributed by atoms with Gasteiger partial charge in [-0.2, -0.15) is 0 Å². The third-order valence-corrected chi connectivity index (χ3v) is 4.66. The lowest BCUT2D eigenvalue weighted by atomic mass is 10.2. The standard InChI is InChI=1S/C19H23N3O5/c1-14-13-16(15(2)27-14)19(23)21-9-7-20(8-10-21)11-12-26-18-6-4-3-5-17(18)22(24)25/h3-6,13H,7-12H2,1-2H3. The molecule has 0 aliphatic carbocycles. The zero-order valence-corrected chi connectivity index (χ0v) is 15.5. The second kappa shape index (κ2) is 8.22. The Morgan fingerprint density at radius 2 is 1.93 bits per heavy atom. The van der Waals surface area contributed by atoms with Crippen molar-refractivity contribution in [1.82, 2.24) is 9.80 Å². The minimum absolute atomic E-state index is 0.000148. The van der Waals surface area contributed by atoms with Gasteiger partial charge in [0.05, 0.1) is 10.5 Å². The number of para-hydroxylation sites is 2. The molecule has 2 aromatic rings. The van der Waals surface area contributed by atoms with E-state index in [0.29, 0.717) is 37.6 Å². The Morgan fingerprint density at radius 3 is 2.56 bits per heavy atom. The van der Waals surface area contributed by atoms with Gasteiger partial charge in [-0.05, 0) is 26.0 Å². The van der Waals surface area contributed by atoms with Crippen LogP contribution < -0.4 is 4.74 Å². The van der Waals surface area contributed by atoms with Crippen LogP contribution in [0.1, 0.15) is 21.9 Å². The van der Waals surface area contributed by atoms with Gasteiger partial charge in [0.25, 0.3) is 5.91 Å². The van der Waals surface area contributed by atoms with Crippen molar-refractivity contribution >= 4 is 11.6 Å². The van der Waals surface area contributed by atoms with Gasteiger partial charge in [-0.15, -0.1) is 0 Å². The van der Waals surface area contributed by atoms with Gasteiger partial charge < -0.3 is 14.1 Å². The smallest absolute Gasteiger partial charge is 0.310 e. The first kappa shape index (κ1) is 18.9. The highest BCUT2D eigenvalue weighted by Gasteiger charge is 2.24. The van der Waals surface area contributed by atoms with E-state index in [4.69, 9.17) is 9.15 Å². The normalized spacial score (nSPS) is 15.0. The quantitative estimate of drug-likeness (QED) is 0.571. The maximum atomic E-state index is 12.6. The molecule has 2 heterocycles. The summed E-state index contributed by atoms with van der Waals surface area (Å²) in [6.45, 7) is 7.39. The molecule has 1 aromatic carbocycles. The van der Waals surface area contributed by atoms with Crippen molar-refractivity contribution < 1.29 is 18.9 Å². The summed E-state index contributed by atoms with van der Waals surface area (Å²) in [5.41, 5.74) is 0.597. The van der Waals surface area contributed by atoms with Gasteiger partial charge in [-0.25, -0.2) is 0 Å². The van der Waals surface area contributed by atoms with Gasteiger partial charge in [0, 0.05) is 38.8 Å². The summed E-state index contributed by atoms with van der Waals surface area (Å²) in [5.74, 6) is 1.67. The number of nitro groups is 1. The van der Waals surface area contributed by atoms with Gasteiger partial charge in [0.1, 0.15) is 18.1 Å². The van der Waals surface area contributed by atoms with Gasteiger partial charge in [0.2, 0.25) is 0 Å². The molecule has 1 fully saturated rings. The fourth-order valence-electron chi connectivity index (χ4n) is 3.20. The lowest BCUT2D eigenvalue weighted by molar-refractivity contribution is -0.385. The lowest BCUT2D eigenvalue weighted by Crippen LogP contribution is -2.49. The summed E-state index contributed by atoms with van der Waals surface area (Å²) in [4.78, 5) is 27.2. The second-order valence-electron chi connectivity index (χ2n) is 6.53. The summed E-state index contributed by atoms with van der Waals surface area (Å²) in [6.07, 6.45) is 0. The first-order valence-corrected chi connectivity index (χ1v) is 8.90. The van der Waals surface area contributed by atoms with E-state index >= 15 is 0 Å². The molecular weight excluding hydrogens is 350 g/mol. The Morgan fingerprint density at radius 1 is 1.22 bits per heavy atom. The van der Waals surface area contributed by atoms with Crippen LogP contribution in [0.2, 0.25) is 0 Å². The number of furan rings is 1. The number of nitrogens with zero attached hydrogens (tertiary/aromatic N) is 3. The Balaban J connectivity index is 1.47. The number of piperazine rings is 1. The van der Waals surface area contributed by atoms with E-state index in [1.54, 1.807) is 31.2 Å². The zero-order chi connectivity index (χ0) is 19.4. The highest BCUT2D eigenvalue weighted by molar-refractivity contribution is 5.95. The summed E-state index contributed by atoms with van der Waals surface area (Å²) in [5, 5.41) is 11.0. The number of ether oxygens (including phenoxy) is 1. The maximum Gasteiger partial charge on any atom is 0.310 e. The minimum atomic E-state index is -0.445. The molecular formula is C19H23N3O5.